The van der Waals surface area contributed by atoms with E-state index in [1.807, 2.05) is 13.0 Å². The maximum atomic E-state index is 12.6. The molecule has 1 unspecified atom stereocenters. The lowest BCUT2D eigenvalue weighted by molar-refractivity contribution is -0.132. The molecule has 2 aromatic rings. The number of hydrogen-bond acceptors (Lipinski definition) is 7. The van der Waals surface area contributed by atoms with Crippen molar-refractivity contribution in [1.82, 2.24) is 15.2 Å². The molecule has 0 aromatic carbocycles. The predicted molar refractivity (Wildman–Crippen MR) is 101 cm³/mol. The van der Waals surface area contributed by atoms with Gasteiger partial charge in [-0.2, -0.15) is 0 Å². The molecule has 0 bridgehead atoms. The molecule has 3 rings (SSSR count). The van der Waals surface area contributed by atoms with Crippen molar-refractivity contribution in [1.29, 1.82) is 0 Å². The van der Waals surface area contributed by atoms with Gasteiger partial charge in [0.25, 0.3) is 5.91 Å². The second-order valence-electron chi connectivity index (χ2n) is 6.52. The number of rotatable bonds is 4. The van der Waals surface area contributed by atoms with Gasteiger partial charge >= 0.3 is 0 Å². The molecule has 1 fully saturated rings. The van der Waals surface area contributed by atoms with Crippen LogP contribution in [0.4, 0.5) is 0 Å². The minimum atomic E-state index is -3.07. The van der Waals surface area contributed by atoms with Crippen LogP contribution < -0.4 is 5.32 Å². The Labute approximate surface area is 161 Å². The number of aromatic nitrogens is 1. The van der Waals surface area contributed by atoms with Gasteiger partial charge in [0.15, 0.2) is 20.6 Å². The fraction of sp³-hybridized carbons (Fsp3) is 0.471. The van der Waals surface area contributed by atoms with Crippen LogP contribution in [0.1, 0.15) is 28.0 Å². The Balaban J connectivity index is 1.66. The summed E-state index contributed by atoms with van der Waals surface area (Å²) in [5.74, 6) is 0.593. The van der Waals surface area contributed by atoms with Crippen LogP contribution >= 0.6 is 11.3 Å². The topological polar surface area (TPSA) is 110 Å². The first-order valence-electron chi connectivity index (χ1n) is 8.50. The van der Waals surface area contributed by atoms with Crippen molar-refractivity contribution >= 4 is 33.0 Å². The highest BCUT2D eigenvalue weighted by molar-refractivity contribution is 7.91. The maximum Gasteiger partial charge on any atom is 0.263 e. The standard InChI is InChI=1S/C17H21N3O5S2/c1-10-4-5-13(25-10)16-19-11(2)14(26-16)15(21)18-12(3)17(22)20-6-8-27(23,24)9-7-20/h4-5,12H,6-9H2,1-3H3,(H,18,21). The van der Waals surface area contributed by atoms with Crippen LogP contribution in [0.15, 0.2) is 16.5 Å². The van der Waals surface area contributed by atoms with Crippen molar-refractivity contribution in [3.63, 3.8) is 0 Å². The molecule has 1 aliphatic heterocycles. The van der Waals surface area contributed by atoms with E-state index in [4.69, 9.17) is 4.42 Å². The van der Waals surface area contributed by atoms with E-state index >= 15 is 0 Å². The quantitative estimate of drug-likeness (QED) is 0.814. The Morgan fingerprint density at radius 3 is 2.52 bits per heavy atom. The first kappa shape index (κ1) is 19.6. The number of hydrogen-bond donors (Lipinski definition) is 1. The lowest BCUT2D eigenvalue weighted by Gasteiger charge is -2.29. The molecule has 27 heavy (non-hydrogen) atoms. The third-order valence-corrected chi connectivity index (χ3v) is 7.11. The number of furan rings is 1. The minimum absolute atomic E-state index is 0.0424. The molecule has 1 saturated heterocycles. The lowest BCUT2D eigenvalue weighted by atomic mass is 10.2. The highest BCUT2D eigenvalue weighted by atomic mass is 32.2. The van der Waals surface area contributed by atoms with Crippen molar-refractivity contribution < 1.29 is 22.4 Å². The normalized spacial score (nSPS) is 17.5. The van der Waals surface area contributed by atoms with Crippen LogP contribution in [0.3, 0.4) is 0 Å². The number of carbonyl (C=O) groups excluding carboxylic acids is 2. The monoisotopic (exact) mass is 411 g/mol. The summed E-state index contributed by atoms with van der Waals surface area (Å²) in [5.41, 5.74) is 0.560. The SMILES string of the molecule is Cc1ccc(-c2nc(C)c(C(=O)NC(C)C(=O)N3CCS(=O)(=O)CC3)s2)o1. The van der Waals surface area contributed by atoms with Gasteiger partial charge in [-0.1, -0.05) is 0 Å². The zero-order valence-electron chi connectivity index (χ0n) is 15.3. The Morgan fingerprint density at radius 2 is 1.93 bits per heavy atom. The maximum absolute atomic E-state index is 12.6. The molecule has 0 spiro atoms. The van der Waals surface area contributed by atoms with E-state index in [-0.39, 0.29) is 36.4 Å². The van der Waals surface area contributed by atoms with E-state index in [0.717, 1.165) is 5.76 Å². The van der Waals surface area contributed by atoms with E-state index in [9.17, 15) is 18.0 Å². The van der Waals surface area contributed by atoms with E-state index in [0.29, 0.717) is 21.3 Å². The lowest BCUT2D eigenvalue weighted by Crippen LogP contribution is -2.51. The molecular formula is C17H21N3O5S2. The minimum Gasteiger partial charge on any atom is -0.459 e. The second-order valence-corrected chi connectivity index (χ2v) is 9.82. The molecule has 0 aliphatic carbocycles. The molecule has 1 atom stereocenters. The first-order chi connectivity index (χ1) is 12.7. The zero-order chi connectivity index (χ0) is 19.8. The van der Waals surface area contributed by atoms with E-state index < -0.39 is 15.9 Å². The molecular weight excluding hydrogens is 390 g/mol. The van der Waals surface area contributed by atoms with Gasteiger partial charge in [0.1, 0.15) is 16.7 Å². The molecule has 0 radical (unpaired) electrons. The third-order valence-electron chi connectivity index (χ3n) is 4.33. The Kier molecular flexibility index (Phi) is 5.38. The summed E-state index contributed by atoms with van der Waals surface area (Å²) in [6.07, 6.45) is 0. The van der Waals surface area contributed by atoms with Gasteiger partial charge in [-0.3, -0.25) is 9.59 Å². The van der Waals surface area contributed by atoms with E-state index in [1.165, 1.54) is 16.2 Å². The van der Waals surface area contributed by atoms with Crippen LogP contribution in [0.2, 0.25) is 0 Å². The third kappa shape index (κ3) is 4.38. The van der Waals surface area contributed by atoms with Gasteiger partial charge in [0.2, 0.25) is 5.91 Å². The number of sulfone groups is 1. The van der Waals surface area contributed by atoms with Crippen molar-refractivity contribution in [3.8, 4) is 10.8 Å². The summed E-state index contributed by atoms with van der Waals surface area (Å²) < 4.78 is 28.5. The van der Waals surface area contributed by atoms with Crippen LogP contribution in [0, 0.1) is 13.8 Å². The first-order valence-corrected chi connectivity index (χ1v) is 11.1. The fourth-order valence-electron chi connectivity index (χ4n) is 2.79. The predicted octanol–water partition coefficient (Wildman–Crippen LogP) is 1.40. The Bertz CT molecular complexity index is 963. The van der Waals surface area contributed by atoms with Gasteiger partial charge in [-0.05, 0) is 32.9 Å². The molecule has 146 valence electrons. The number of amides is 2. The van der Waals surface area contributed by atoms with Crippen molar-refractivity contribution in [2.24, 2.45) is 0 Å². The second kappa shape index (κ2) is 7.43. The zero-order valence-corrected chi connectivity index (χ0v) is 16.9. The summed E-state index contributed by atoms with van der Waals surface area (Å²) in [6, 6.07) is 2.87. The fourth-order valence-corrected chi connectivity index (χ4v) is 4.92. The number of nitrogens with one attached hydrogen (secondary N) is 1. The largest absolute Gasteiger partial charge is 0.459 e. The van der Waals surface area contributed by atoms with Crippen molar-refractivity contribution in [2.45, 2.75) is 26.8 Å². The van der Waals surface area contributed by atoms with Gasteiger partial charge in [0.05, 0.1) is 17.2 Å². The summed E-state index contributed by atoms with van der Waals surface area (Å²) >= 11 is 1.20. The molecule has 10 heteroatoms. The summed E-state index contributed by atoms with van der Waals surface area (Å²) in [4.78, 5) is 31.3. The number of aryl methyl sites for hydroxylation is 2. The van der Waals surface area contributed by atoms with Gasteiger partial charge in [-0.15, -0.1) is 11.3 Å². The molecule has 3 heterocycles. The van der Waals surface area contributed by atoms with Crippen LogP contribution in [-0.4, -0.2) is 60.8 Å². The number of nitrogens with zero attached hydrogens (tertiary/aromatic N) is 2. The Hall–Kier alpha value is -2.20. The number of carbonyl (C=O) groups is 2. The molecule has 8 nitrogen and oxygen atoms in total. The van der Waals surface area contributed by atoms with Crippen LogP contribution in [-0.2, 0) is 14.6 Å². The van der Waals surface area contributed by atoms with Crippen molar-refractivity contribution in [2.75, 3.05) is 24.6 Å². The van der Waals surface area contributed by atoms with Gasteiger partial charge < -0.3 is 14.6 Å². The summed E-state index contributed by atoms with van der Waals surface area (Å²) in [6.45, 7) is 5.46. The van der Waals surface area contributed by atoms with E-state index in [2.05, 4.69) is 10.3 Å². The average molecular weight is 412 g/mol. The highest BCUT2D eigenvalue weighted by Crippen LogP contribution is 2.29. The smallest absolute Gasteiger partial charge is 0.263 e. The van der Waals surface area contributed by atoms with E-state index in [1.54, 1.807) is 19.9 Å². The molecule has 1 N–H and O–H groups in total. The highest BCUT2D eigenvalue weighted by Gasteiger charge is 2.29. The molecule has 1 aliphatic rings. The number of thiazole rings is 1. The summed E-state index contributed by atoms with van der Waals surface area (Å²) in [7, 11) is -3.07. The molecule has 0 saturated carbocycles. The van der Waals surface area contributed by atoms with Crippen molar-refractivity contribution in [3.05, 3.63) is 28.5 Å². The van der Waals surface area contributed by atoms with Crippen LogP contribution in [0.5, 0.6) is 0 Å². The Morgan fingerprint density at radius 1 is 1.26 bits per heavy atom. The molecule has 2 aromatic heterocycles. The molecule has 2 amide bonds. The summed E-state index contributed by atoms with van der Waals surface area (Å²) in [5, 5.41) is 3.29. The van der Waals surface area contributed by atoms with Gasteiger partial charge in [0, 0.05) is 13.1 Å². The van der Waals surface area contributed by atoms with Crippen LogP contribution in [0.25, 0.3) is 10.8 Å². The average Bonchev–Trinajstić information content (AvgIpc) is 3.20. The van der Waals surface area contributed by atoms with Gasteiger partial charge in [-0.25, -0.2) is 13.4 Å².